The molecule has 0 spiro atoms. The number of hydrogen-bond donors (Lipinski definition) is 0. The number of Topliss-reactive ketones (excluding diaryl/α,β-unsaturated/α-hetero) is 1. The molecule has 0 amide bonds. The molecule has 0 radical (unpaired) electrons. The largest absolute Gasteiger partial charge is 0.381 e. The lowest BCUT2D eigenvalue weighted by Crippen LogP contribution is -2.11. The van der Waals surface area contributed by atoms with Crippen LogP contribution in [0.4, 0.5) is 0 Å². The van der Waals surface area contributed by atoms with Gasteiger partial charge in [0.15, 0.2) is 0 Å². The third kappa shape index (κ3) is 12.1. The Morgan fingerprint density at radius 3 is 2.00 bits per heavy atom. The fourth-order valence-corrected chi connectivity index (χ4v) is 2.25. The number of methoxy groups -OCH3 is 1. The summed E-state index contributed by atoms with van der Waals surface area (Å²) in [5, 5.41) is 0. The molecule has 2 heteroatoms. The Labute approximate surface area is 113 Å². The van der Waals surface area contributed by atoms with E-state index in [-0.39, 0.29) is 11.9 Å². The first-order valence-electron chi connectivity index (χ1n) is 7.73. The first kappa shape index (κ1) is 17.6. The Bertz CT molecular complexity index is 190. The van der Waals surface area contributed by atoms with Gasteiger partial charge in [0, 0.05) is 13.5 Å². The predicted octanol–water partition coefficient (Wildman–Crippen LogP) is 4.90. The van der Waals surface area contributed by atoms with Gasteiger partial charge >= 0.3 is 0 Å². The van der Waals surface area contributed by atoms with Crippen molar-refractivity contribution >= 4 is 5.78 Å². The number of rotatable bonds is 13. The number of carbonyl (C=O) groups excluding carboxylic acids is 1. The SMILES string of the molecule is CCCCCCCCCCC(CCC(C)=O)OC. The topological polar surface area (TPSA) is 26.3 Å². The van der Waals surface area contributed by atoms with Crippen molar-refractivity contribution < 1.29 is 9.53 Å². The standard InChI is InChI=1S/C16H32O2/c1-4-5-6-7-8-9-10-11-12-16(18-3)14-13-15(2)17/h16H,4-14H2,1-3H3. The van der Waals surface area contributed by atoms with E-state index in [1.54, 1.807) is 14.0 Å². The van der Waals surface area contributed by atoms with Gasteiger partial charge in [0.05, 0.1) is 6.10 Å². The van der Waals surface area contributed by atoms with Crippen LogP contribution < -0.4 is 0 Å². The van der Waals surface area contributed by atoms with Crippen molar-refractivity contribution in [1.82, 2.24) is 0 Å². The summed E-state index contributed by atoms with van der Waals surface area (Å²) >= 11 is 0. The number of ether oxygens (including phenoxy) is 1. The van der Waals surface area contributed by atoms with Crippen molar-refractivity contribution in [3.05, 3.63) is 0 Å². The van der Waals surface area contributed by atoms with E-state index in [9.17, 15) is 4.79 Å². The molecule has 0 saturated carbocycles. The third-order valence-electron chi connectivity index (χ3n) is 3.53. The summed E-state index contributed by atoms with van der Waals surface area (Å²) in [7, 11) is 1.76. The van der Waals surface area contributed by atoms with Crippen molar-refractivity contribution in [2.24, 2.45) is 0 Å². The number of hydrogen-bond acceptors (Lipinski definition) is 2. The highest BCUT2D eigenvalue weighted by atomic mass is 16.5. The molecule has 0 aromatic carbocycles. The molecular weight excluding hydrogens is 224 g/mol. The molecule has 0 rings (SSSR count). The quantitative estimate of drug-likeness (QED) is 0.438. The molecule has 0 aliphatic carbocycles. The van der Waals surface area contributed by atoms with E-state index in [0.29, 0.717) is 6.42 Å². The van der Waals surface area contributed by atoms with Crippen LogP contribution in [0.1, 0.15) is 84.5 Å². The highest BCUT2D eigenvalue weighted by Gasteiger charge is 2.07. The van der Waals surface area contributed by atoms with Gasteiger partial charge in [0.2, 0.25) is 0 Å². The summed E-state index contributed by atoms with van der Waals surface area (Å²) in [5.74, 6) is 0.271. The van der Waals surface area contributed by atoms with Crippen molar-refractivity contribution in [3.63, 3.8) is 0 Å². The molecule has 0 aliphatic heterocycles. The van der Waals surface area contributed by atoms with E-state index < -0.39 is 0 Å². The molecule has 0 aromatic rings. The molecule has 0 aromatic heterocycles. The highest BCUT2D eigenvalue weighted by molar-refractivity contribution is 5.75. The summed E-state index contributed by atoms with van der Waals surface area (Å²) in [5.41, 5.74) is 0. The molecule has 0 fully saturated rings. The Hall–Kier alpha value is -0.370. The van der Waals surface area contributed by atoms with Gasteiger partial charge in [-0.05, 0) is 19.8 Å². The Morgan fingerprint density at radius 2 is 1.50 bits per heavy atom. The molecule has 0 bridgehead atoms. The van der Waals surface area contributed by atoms with Gasteiger partial charge in [-0.2, -0.15) is 0 Å². The average Bonchev–Trinajstić information content (AvgIpc) is 2.36. The first-order chi connectivity index (χ1) is 8.70. The fourth-order valence-electron chi connectivity index (χ4n) is 2.25. The summed E-state index contributed by atoms with van der Waals surface area (Å²) in [6.07, 6.45) is 13.7. The van der Waals surface area contributed by atoms with Gasteiger partial charge in [0.1, 0.15) is 5.78 Å². The van der Waals surface area contributed by atoms with E-state index >= 15 is 0 Å². The zero-order valence-corrected chi connectivity index (χ0v) is 12.7. The van der Waals surface area contributed by atoms with E-state index in [1.165, 1.54) is 51.4 Å². The first-order valence-corrected chi connectivity index (χ1v) is 7.73. The maximum atomic E-state index is 10.9. The molecule has 0 N–H and O–H groups in total. The Kier molecular flexibility index (Phi) is 12.8. The molecule has 0 heterocycles. The zero-order chi connectivity index (χ0) is 13.6. The number of ketones is 1. The lowest BCUT2D eigenvalue weighted by Gasteiger charge is -2.14. The molecule has 1 atom stereocenters. The van der Waals surface area contributed by atoms with Crippen LogP contribution in [0, 0.1) is 0 Å². The molecular formula is C16H32O2. The number of carbonyl (C=O) groups is 1. The number of unbranched alkanes of at least 4 members (excludes halogenated alkanes) is 7. The van der Waals surface area contributed by atoms with Crippen LogP contribution in [0.2, 0.25) is 0 Å². The van der Waals surface area contributed by atoms with Crippen molar-refractivity contribution in [2.75, 3.05) is 7.11 Å². The van der Waals surface area contributed by atoms with E-state index in [0.717, 1.165) is 12.8 Å². The summed E-state index contributed by atoms with van der Waals surface area (Å²) in [4.78, 5) is 10.9. The van der Waals surface area contributed by atoms with Crippen LogP contribution in [-0.4, -0.2) is 19.0 Å². The molecule has 108 valence electrons. The second kappa shape index (κ2) is 13.1. The minimum atomic E-state index is 0.271. The maximum absolute atomic E-state index is 10.9. The second-order valence-corrected chi connectivity index (χ2v) is 5.36. The minimum absolute atomic E-state index is 0.271. The van der Waals surface area contributed by atoms with E-state index in [1.807, 2.05) is 0 Å². The molecule has 18 heavy (non-hydrogen) atoms. The third-order valence-corrected chi connectivity index (χ3v) is 3.53. The van der Waals surface area contributed by atoms with Gasteiger partial charge in [-0.1, -0.05) is 58.3 Å². The highest BCUT2D eigenvalue weighted by Crippen LogP contribution is 2.14. The monoisotopic (exact) mass is 256 g/mol. The minimum Gasteiger partial charge on any atom is -0.381 e. The summed E-state index contributed by atoms with van der Waals surface area (Å²) in [6.45, 7) is 3.91. The van der Waals surface area contributed by atoms with Crippen molar-refractivity contribution in [1.29, 1.82) is 0 Å². The molecule has 0 aliphatic rings. The van der Waals surface area contributed by atoms with E-state index in [4.69, 9.17) is 4.74 Å². The lowest BCUT2D eigenvalue weighted by atomic mass is 10.0. The van der Waals surface area contributed by atoms with Crippen LogP contribution in [0.15, 0.2) is 0 Å². The van der Waals surface area contributed by atoms with Gasteiger partial charge < -0.3 is 9.53 Å². The van der Waals surface area contributed by atoms with E-state index in [2.05, 4.69) is 6.92 Å². The van der Waals surface area contributed by atoms with Gasteiger partial charge in [-0.3, -0.25) is 0 Å². The van der Waals surface area contributed by atoms with Crippen molar-refractivity contribution in [2.45, 2.75) is 90.6 Å². The normalized spacial score (nSPS) is 12.6. The second-order valence-electron chi connectivity index (χ2n) is 5.36. The van der Waals surface area contributed by atoms with Gasteiger partial charge in [0.25, 0.3) is 0 Å². The van der Waals surface area contributed by atoms with Crippen LogP contribution in [0.25, 0.3) is 0 Å². The molecule has 2 nitrogen and oxygen atoms in total. The van der Waals surface area contributed by atoms with Gasteiger partial charge in [-0.15, -0.1) is 0 Å². The predicted molar refractivity (Wildman–Crippen MR) is 77.9 cm³/mol. The maximum Gasteiger partial charge on any atom is 0.129 e. The summed E-state index contributed by atoms with van der Waals surface area (Å²) in [6, 6.07) is 0. The molecule has 0 saturated heterocycles. The zero-order valence-electron chi connectivity index (χ0n) is 12.7. The van der Waals surface area contributed by atoms with Crippen molar-refractivity contribution in [3.8, 4) is 0 Å². The van der Waals surface area contributed by atoms with Crippen LogP contribution in [0.3, 0.4) is 0 Å². The van der Waals surface area contributed by atoms with Crippen LogP contribution in [0.5, 0.6) is 0 Å². The summed E-state index contributed by atoms with van der Waals surface area (Å²) < 4.78 is 5.41. The Balaban J connectivity index is 3.31. The average molecular weight is 256 g/mol. The van der Waals surface area contributed by atoms with Gasteiger partial charge in [-0.25, -0.2) is 0 Å². The smallest absolute Gasteiger partial charge is 0.129 e. The molecule has 1 unspecified atom stereocenters. The fraction of sp³-hybridized carbons (Fsp3) is 0.938. The van der Waals surface area contributed by atoms with Crippen LogP contribution in [-0.2, 0) is 9.53 Å². The Morgan fingerprint density at radius 1 is 0.944 bits per heavy atom. The van der Waals surface area contributed by atoms with Crippen LogP contribution >= 0.6 is 0 Å². The lowest BCUT2D eigenvalue weighted by molar-refractivity contribution is -0.117.